The topological polar surface area (TPSA) is 88.7 Å². The van der Waals surface area contributed by atoms with Crippen molar-refractivity contribution in [3.05, 3.63) is 84.4 Å². The second-order valence-electron chi connectivity index (χ2n) is 7.65. The summed E-state index contributed by atoms with van der Waals surface area (Å²) in [6, 6.07) is 23.8. The van der Waals surface area contributed by atoms with Gasteiger partial charge in [-0.2, -0.15) is 0 Å². The number of benzene rings is 3. The van der Waals surface area contributed by atoms with E-state index in [1.165, 1.54) is 0 Å². The van der Waals surface area contributed by atoms with Gasteiger partial charge >= 0.3 is 0 Å². The van der Waals surface area contributed by atoms with Gasteiger partial charge < -0.3 is 25.4 Å². The lowest BCUT2D eigenvalue weighted by Crippen LogP contribution is -2.30. The molecule has 0 saturated carbocycles. The fraction of sp³-hybridized carbons (Fsp3) is 0.231. The maximum Gasteiger partial charge on any atom is 0.251 e. The first-order valence-corrected chi connectivity index (χ1v) is 10.8. The van der Waals surface area contributed by atoms with Gasteiger partial charge in [0.1, 0.15) is 24.7 Å². The minimum atomic E-state index is -0.223. The van der Waals surface area contributed by atoms with Crippen LogP contribution in [0, 0.1) is 0 Å². The predicted octanol–water partition coefficient (Wildman–Crippen LogP) is 4.33. The number of amides is 2. The Labute approximate surface area is 194 Å². The molecule has 3 aromatic rings. The lowest BCUT2D eigenvalue weighted by atomic mass is 10.1. The highest BCUT2D eigenvalue weighted by Gasteiger charge is 2.09. The van der Waals surface area contributed by atoms with Crippen LogP contribution in [0.25, 0.3) is 0 Å². The summed E-state index contributed by atoms with van der Waals surface area (Å²) in [6.45, 7) is 4.70. The zero-order valence-electron chi connectivity index (χ0n) is 18.8. The van der Waals surface area contributed by atoms with Crippen LogP contribution in [-0.2, 0) is 4.79 Å². The third-order valence-electron chi connectivity index (χ3n) is 4.48. The van der Waals surface area contributed by atoms with Gasteiger partial charge in [0.25, 0.3) is 5.91 Å². The normalized spacial score (nSPS) is 10.4. The number of rotatable bonds is 11. The number of para-hydroxylation sites is 1. The summed E-state index contributed by atoms with van der Waals surface area (Å²) in [4.78, 5) is 24.5. The van der Waals surface area contributed by atoms with E-state index in [0.29, 0.717) is 30.2 Å². The SMILES string of the molecule is CC(C)NC(=O)c1cccc(NC(=O)CNc2cccc(OCCOc3ccccc3)c2)c1. The van der Waals surface area contributed by atoms with E-state index in [2.05, 4.69) is 16.0 Å². The van der Waals surface area contributed by atoms with Gasteiger partial charge in [-0.05, 0) is 56.3 Å². The molecule has 33 heavy (non-hydrogen) atoms. The summed E-state index contributed by atoms with van der Waals surface area (Å²) in [5.74, 6) is 1.08. The molecule has 7 heteroatoms. The van der Waals surface area contributed by atoms with E-state index in [1.54, 1.807) is 24.3 Å². The van der Waals surface area contributed by atoms with Crippen molar-refractivity contribution in [1.29, 1.82) is 0 Å². The van der Waals surface area contributed by atoms with Crippen LogP contribution < -0.4 is 25.4 Å². The summed E-state index contributed by atoms with van der Waals surface area (Å²) in [6.07, 6.45) is 0. The molecular formula is C26H29N3O4. The van der Waals surface area contributed by atoms with Crippen LogP contribution in [0.1, 0.15) is 24.2 Å². The number of ether oxygens (including phenoxy) is 2. The number of carbonyl (C=O) groups is 2. The Balaban J connectivity index is 1.44. The van der Waals surface area contributed by atoms with Crippen molar-refractivity contribution < 1.29 is 19.1 Å². The molecule has 0 bridgehead atoms. The second-order valence-corrected chi connectivity index (χ2v) is 7.65. The fourth-order valence-electron chi connectivity index (χ4n) is 3.00. The highest BCUT2D eigenvalue weighted by atomic mass is 16.5. The Morgan fingerprint density at radius 2 is 1.45 bits per heavy atom. The molecule has 0 fully saturated rings. The average molecular weight is 448 g/mol. The van der Waals surface area contributed by atoms with Crippen LogP contribution in [0.4, 0.5) is 11.4 Å². The highest BCUT2D eigenvalue weighted by Crippen LogP contribution is 2.18. The maximum absolute atomic E-state index is 12.4. The number of anilines is 2. The van der Waals surface area contributed by atoms with Crippen molar-refractivity contribution >= 4 is 23.2 Å². The zero-order chi connectivity index (χ0) is 23.5. The van der Waals surface area contributed by atoms with Crippen molar-refractivity contribution in [2.45, 2.75) is 19.9 Å². The molecule has 3 rings (SSSR count). The molecule has 3 aromatic carbocycles. The first kappa shape index (κ1) is 23.7. The predicted molar refractivity (Wildman–Crippen MR) is 130 cm³/mol. The Morgan fingerprint density at radius 3 is 2.21 bits per heavy atom. The highest BCUT2D eigenvalue weighted by molar-refractivity contribution is 5.98. The van der Waals surface area contributed by atoms with Crippen molar-refractivity contribution in [1.82, 2.24) is 5.32 Å². The molecule has 0 radical (unpaired) electrons. The molecule has 0 unspecified atom stereocenters. The molecule has 0 spiro atoms. The van der Waals surface area contributed by atoms with Gasteiger partial charge in [-0.25, -0.2) is 0 Å². The molecular weight excluding hydrogens is 418 g/mol. The number of hydrogen-bond acceptors (Lipinski definition) is 5. The van der Waals surface area contributed by atoms with Crippen LogP contribution >= 0.6 is 0 Å². The molecule has 3 N–H and O–H groups in total. The van der Waals surface area contributed by atoms with Gasteiger partial charge in [0, 0.05) is 29.0 Å². The lowest BCUT2D eigenvalue weighted by Gasteiger charge is -2.12. The maximum atomic E-state index is 12.4. The quantitative estimate of drug-likeness (QED) is 0.381. The molecule has 2 amide bonds. The summed E-state index contributed by atoms with van der Waals surface area (Å²) < 4.78 is 11.3. The van der Waals surface area contributed by atoms with Crippen LogP contribution in [0.15, 0.2) is 78.9 Å². The summed E-state index contributed by atoms with van der Waals surface area (Å²) in [5, 5.41) is 8.72. The first-order chi connectivity index (χ1) is 16.0. The standard InChI is InChI=1S/C26H29N3O4/c1-19(2)28-26(31)20-8-6-10-22(16-20)29-25(30)18-27-21-9-7-13-24(17-21)33-15-14-32-23-11-4-3-5-12-23/h3-13,16-17,19,27H,14-15,18H2,1-2H3,(H,28,31)(H,29,30). The summed E-state index contributed by atoms with van der Waals surface area (Å²) in [7, 11) is 0. The molecule has 0 aliphatic rings. The molecule has 0 saturated heterocycles. The molecule has 0 atom stereocenters. The van der Waals surface area contributed by atoms with E-state index in [0.717, 1.165) is 11.4 Å². The number of nitrogens with one attached hydrogen (secondary N) is 3. The van der Waals surface area contributed by atoms with Gasteiger partial charge in [0.15, 0.2) is 0 Å². The van der Waals surface area contributed by atoms with Gasteiger partial charge in [0.05, 0.1) is 6.54 Å². The van der Waals surface area contributed by atoms with Crippen molar-refractivity contribution in [2.75, 3.05) is 30.4 Å². The van der Waals surface area contributed by atoms with Gasteiger partial charge in [-0.15, -0.1) is 0 Å². The third-order valence-corrected chi connectivity index (χ3v) is 4.48. The van der Waals surface area contributed by atoms with Crippen molar-refractivity contribution in [3.8, 4) is 11.5 Å². The molecule has 172 valence electrons. The van der Waals surface area contributed by atoms with Gasteiger partial charge in [-0.3, -0.25) is 9.59 Å². The third kappa shape index (κ3) is 8.22. The molecule has 0 aliphatic heterocycles. The minimum absolute atomic E-state index is 0.0380. The molecule has 0 aliphatic carbocycles. The first-order valence-electron chi connectivity index (χ1n) is 10.8. The molecule has 0 aromatic heterocycles. The zero-order valence-corrected chi connectivity index (χ0v) is 18.8. The van der Waals surface area contributed by atoms with Crippen LogP contribution in [0.5, 0.6) is 11.5 Å². The average Bonchev–Trinajstić information content (AvgIpc) is 2.81. The molecule has 0 heterocycles. The Hall–Kier alpha value is -4.00. The van der Waals surface area contributed by atoms with E-state index in [9.17, 15) is 9.59 Å². The van der Waals surface area contributed by atoms with Crippen LogP contribution in [0.2, 0.25) is 0 Å². The Kier molecular flexibility index (Phi) is 8.71. The van der Waals surface area contributed by atoms with Crippen LogP contribution in [-0.4, -0.2) is 37.6 Å². The van der Waals surface area contributed by atoms with E-state index < -0.39 is 0 Å². The van der Waals surface area contributed by atoms with Crippen LogP contribution in [0.3, 0.4) is 0 Å². The van der Waals surface area contributed by atoms with E-state index >= 15 is 0 Å². The minimum Gasteiger partial charge on any atom is -0.490 e. The van der Waals surface area contributed by atoms with Crippen molar-refractivity contribution in [3.63, 3.8) is 0 Å². The smallest absolute Gasteiger partial charge is 0.251 e. The van der Waals surface area contributed by atoms with E-state index in [1.807, 2.05) is 68.4 Å². The van der Waals surface area contributed by atoms with Gasteiger partial charge in [0.2, 0.25) is 5.91 Å². The van der Waals surface area contributed by atoms with E-state index in [-0.39, 0.29) is 24.4 Å². The number of carbonyl (C=O) groups excluding carboxylic acids is 2. The molecule has 7 nitrogen and oxygen atoms in total. The summed E-state index contributed by atoms with van der Waals surface area (Å²) >= 11 is 0. The van der Waals surface area contributed by atoms with Crippen molar-refractivity contribution in [2.24, 2.45) is 0 Å². The van der Waals surface area contributed by atoms with Gasteiger partial charge in [-0.1, -0.05) is 30.3 Å². The Morgan fingerprint density at radius 1 is 0.788 bits per heavy atom. The second kappa shape index (κ2) is 12.1. The Bertz CT molecular complexity index is 1050. The summed E-state index contributed by atoms with van der Waals surface area (Å²) in [5.41, 5.74) is 1.82. The largest absolute Gasteiger partial charge is 0.490 e. The van der Waals surface area contributed by atoms with E-state index in [4.69, 9.17) is 9.47 Å². The monoisotopic (exact) mass is 447 g/mol. The fourth-order valence-corrected chi connectivity index (χ4v) is 3.00. The lowest BCUT2D eigenvalue weighted by molar-refractivity contribution is -0.114. The number of hydrogen-bond donors (Lipinski definition) is 3.